The molecule has 6 heteroatoms. The minimum Gasteiger partial charge on any atom is -0.352 e. The highest BCUT2D eigenvalue weighted by Crippen LogP contribution is 2.09. The van der Waals surface area contributed by atoms with Gasteiger partial charge in [0.15, 0.2) is 0 Å². The Bertz CT molecular complexity index is 673. The van der Waals surface area contributed by atoms with Crippen LogP contribution < -0.4 is 5.32 Å². The van der Waals surface area contributed by atoms with Crippen LogP contribution in [0.3, 0.4) is 0 Å². The number of hydrogen-bond donors (Lipinski definition) is 1. The van der Waals surface area contributed by atoms with Crippen molar-refractivity contribution >= 4 is 23.2 Å². The van der Waals surface area contributed by atoms with Crippen LogP contribution in [0, 0.1) is 5.82 Å². The molecule has 1 aromatic carbocycles. The summed E-state index contributed by atoms with van der Waals surface area (Å²) in [6.07, 6.45) is 0.932. The quantitative estimate of drug-likeness (QED) is 0.743. The molecule has 24 heavy (non-hydrogen) atoms. The molecule has 0 saturated carbocycles. The fraction of sp³-hybridized carbons (Fsp3) is 0.333. The number of amides is 2. The van der Waals surface area contributed by atoms with Crippen molar-refractivity contribution in [3.63, 3.8) is 0 Å². The average Bonchev–Trinajstić information content (AvgIpc) is 3.11. The van der Waals surface area contributed by atoms with Crippen molar-refractivity contribution in [1.82, 2.24) is 10.2 Å². The number of rotatable bonds is 8. The number of nitrogens with zero attached hydrogens (tertiary/aromatic N) is 1. The van der Waals surface area contributed by atoms with Crippen LogP contribution in [0.5, 0.6) is 0 Å². The Morgan fingerprint density at radius 1 is 1.29 bits per heavy atom. The first-order valence-electron chi connectivity index (χ1n) is 7.92. The molecular formula is C18H21FN2O2S. The van der Waals surface area contributed by atoms with Crippen LogP contribution in [0.25, 0.3) is 0 Å². The molecule has 0 aliphatic carbocycles. The van der Waals surface area contributed by atoms with E-state index in [1.54, 1.807) is 28.5 Å². The van der Waals surface area contributed by atoms with Gasteiger partial charge in [-0.1, -0.05) is 12.1 Å². The predicted molar refractivity (Wildman–Crippen MR) is 93.4 cm³/mol. The van der Waals surface area contributed by atoms with Crippen molar-refractivity contribution in [3.05, 3.63) is 58.0 Å². The molecule has 1 aromatic heterocycles. The van der Waals surface area contributed by atoms with Crippen molar-refractivity contribution < 1.29 is 14.0 Å². The molecular weight excluding hydrogens is 327 g/mol. The van der Waals surface area contributed by atoms with Crippen LogP contribution >= 0.6 is 11.3 Å². The number of hydrogen-bond acceptors (Lipinski definition) is 3. The maximum Gasteiger partial charge on any atom is 0.252 e. The molecule has 0 aliphatic heterocycles. The third-order valence-electron chi connectivity index (χ3n) is 3.63. The standard InChI is InChI=1S/C18H21FN2O2S/c1-2-21(12-14-5-3-6-16(19)11-14)17(22)7-4-9-20-18(23)15-8-10-24-13-15/h3,5-6,8,10-11,13H,2,4,7,9,12H2,1H3,(H,20,23). The summed E-state index contributed by atoms with van der Waals surface area (Å²) in [6.45, 7) is 3.32. The molecule has 1 heterocycles. The van der Waals surface area contributed by atoms with Crippen molar-refractivity contribution in [1.29, 1.82) is 0 Å². The Balaban J connectivity index is 1.74. The Hall–Kier alpha value is -2.21. The van der Waals surface area contributed by atoms with Crippen LogP contribution in [-0.4, -0.2) is 29.8 Å². The molecule has 0 aliphatic rings. The number of carbonyl (C=O) groups excluding carboxylic acids is 2. The summed E-state index contributed by atoms with van der Waals surface area (Å²) in [6, 6.07) is 8.04. The van der Waals surface area contributed by atoms with Gasteiger partial charge in [-0.15, -0.1) is 0 Å². The highest BCUT2D eigenvalue weighted by molar-refractivity contribution is 7.08. The second-order valence-electron chi connectivity index (χ2n) is 5.41. The molecule has 1 N–H and O–H groups in total. The predicted octanol–water partition coefficient (Wildman–Crippen LogP) is 3.45. The molecule has 2 amide bonds. The van der Waals surface area contributed by atoms with Crippen LogP contribution in [0.1, 0.15) is 35.7 Å². The van der Waals surface area contributed by atoms with Crippen molar-refractivity contribution in [3.8, 4) is 0 Å². The first-order valence-corrected chi connectivity index (χ1v) is 8.87. The van der Waals surface area contributed by atoms with E-state index in [1.165, 1.54) is 23.5 Å². The summed E-state index contributed by atoms with van der Waals surface area (Å²) in [5.74, 6) is -0.408. The fourth-order valence-corrected chi connectivity index (χ4v) is 2.96. The molecule has 0 radical (unpaired) electrons. The third kappa shape index (κ3) is 5.45. The van der Waals surface area contributed by atoms with Gasteiger partial charge in [0, 0.05) is 37.0 Å². The van der Waals surface area contributed by atoms with Gasteiger partial charge < -0.3 is 10.2 Å². The van der Waals surface area contributed by atoms with Gasteiger partial charge in [0.2, 0.25) is 5.91 Å². The second-order valence-corrected chi connectivity index (χ2v) is 6.19. The van der Waals surface area contributed by atoms with Gasteiger partial charge >= 0.3 is 0 Å². The molecule has 0 spiro atoms. The minimum atomic E-state index is -0.299. The van der Waals surface area contributed by atoms with Crippen molar-refractivity contribution in [2.75, 3.05) is 13.1 Å². The lowest BCUT2D eigenvalue weighted by Crippen LogP contribution is -2.31. The zero-order valence-corrected chi connectivity index (χ0v) is 14.4. The summed E-state index contributed by atoms with van der Waals surface area (Å²) in [5.41, 5.74) is 1.42. The first kappa shape index (κ1) is 18.1. The number of halogens is 1. The van der Waals surface area contributed by atoms with Gasteiger partial charge in [0.1, 0.15) is 5.82 Å². The van der Waals surface area contributed by atoms with E-state index in [0.717, 1.165) is 5.56 Å². The molecule has 0 unspecified atom stereocenters. The van der Waals surface area contributed by atoms with Gasteiger partial charge in [-0.3, -0.25) is 9.59 Å². The lowest BCUT2D eigenvalue weighted by Gasteiger charge is -2.21. The molecule has 2 rings (SSSR count). The molecule has 0 saturated heterocycles. The maximum atomic E-state index is 13.2. The Kier molecular flexibility index (Phi) is 6.93. The van der Waals surface area contributed by atoms with Gasteiger partial charge in [-0.25, -0.2) is 4.39 Å². The highest BCUT2D eigenvalue weighted by Gasteiger charge is 2.12. The highest BCUT2D eigenvalue weighted by atomic mass is 32.1. The zero-order chi connectivity index (χ0) is 17.4. The first-order chi connectivity index (χ1) is 11.6. The van der Waals surface area contributed by atoms with Crippen LogP contribution in [0.15, 0.2) is 41.1 Å². The lowest BCUT2D eigenvalue weighted by molar-refractivity contribution is -0.131. The van der Waals surface area contributed by atoms with E-state index in [-0.39, 0.29) is 17.6 Å². The second kappa shape index (κ2) is 9.17. The molecule has 0 bridgehead atoms. The van der Waals surface area contributed by atoms with E-state index < -0.39 is 0 Å². The summed E-state index contributed by atoms with van der Waals surface area (Å²) >= 11 is 1.47. The van der Waals surface area contributed by atoms with Gasteiger partial charge in [-0.2, -0.15) is 11.3 Å². The van der Waals surface area contributed by atoms with Gasteiger partial charge in [-0.05, 0) is 42.5 Å². The average molecular weight is 348 g/mol. The summed E-state index contributed by atoms with van der Waals surface area (Å²) in [4.78, 5) is 25.7. The van der Waals surface area contributed by atoms with Crippen molar-refractivity contribution in [2.45, 2.75) is 26.3 Å². The van der Waals surface area contributed by atoms with E-state index in [9.17, 15) is 14.0 Å². The van der Waals surface area contributed by atoms with Gasteiger partial charge in [0.05, 0.1) is 0 Å². The van der Waals surface area contributed by atoms with Crippen molar-refractivity contribution in [2.24, 2.45) is 0 Å². The molecule has 0 fully saturated rings. The van der Waals surface area contributed by atoms with Crippen LogP contribution in [0.4, 0.5) is 4.39 Å². The maximum absolute atomic E-state index is 13.2. The van der Waals surface area contributed by atoms with E-state index >= 15 is 0 Å². The molecule has 2 aromatic rings. The zero-order valence-electron chi connectivity index (χ0n) is 13.6. The Morgan fingerprint density at radius 3 is 2.79 bits per heavy atom. The number of carbonyl (C=O) groups is 2. The summed E-state index contributed by atoms with van der Waals surface area (Å²) in [5, 5.41) is 6.44. The smallest absolute Gasteiger partial charge is 0.252 e. The fourth-order valence-electron chi connectivity index (χ4n) is 2.33. The summed E-state index contributed by atoms with van der Waals surface area (Å²) in [7, 11) is 0. The van der Waals surface area contributed by atoms with E-state index in [0.29, 0.717) is 38.0 Å². The normalized spacial score (nSPS) is 10.4. The minimum absolute atomic E-state index is 0.00606. The molecule has 0 atom stereocenters. The monoisotopic (exact) mass is 348 g/mol. The summed E-state index contributed by atoms with van der Waals surface area (Å²) < 4.78 is 13.2. The van der Waals surface area contributed by atoms with Crippen LogP contribution in [0.2, 0.25) is 0 Å². The third-order valence-corrected chi connectivity index (χ3v) is 4.32. The van der Waals surface area contributed by atoms with E-state index in [4.69, 9.17) is 0 Å². The number of thiophene rings is 1. The lowest BCUT2D eigenvalue weighted by atomic mass is 10.2. The topological polar surface area (TPSA) is 49.4 Å². The number of benzene rings is 1. The van der Waals surface area contributed by atoms with E-state index in [2.05, 4.69) is 5.32 Å². The Morgan fingerprint density at radius 2 is 2.12 bits per heavy atom. The SMILES string of the molecule is CCN(Cc1cccc(F)c1)C(=O)CCCNC(=O)c1ccsc1. The van der Waals surface area contributed by atoms with Gasteiger partial charge in [0.25, 0.3) is 5.91 Å². The number of nitrogens with one attached hydrogen (secondary N) is 1. The Labute approximate surface area is 145 Å². The molecule has 4 nitrogen and oxygen atoms in total. The van der Waals surface area contributed by atoms with Crippen LogP contribution in [-0.2, 0) is 11.3 Å². The largest absolute Gasteiger partial charge is 0.352 e. The van der Waals surface area contributed by atoms with E-state index in [1.807, 2.05) is 12.3 Å². The molecule has 128 valence electrons.